The number of rotatable bonds is 12. The Morgan fingerprint density at radius 1 is 0.867 bits per heavy atom. The van der Waals surface area contributed by atoms with Crippen molar-refractivity contribution in [1.82, 2.24) is 0 Å². The third kappa shape index (κ3) is 7.70. The van der Waals surface area contributed by atoms with Gasteiger partial charge in [-0.25, -0.2) is 0 Å². The zero-order chi connectivity index (χ0) is 21.8. The number of benzene rings is 2. The van der Waals surface area contributed by atoms with Crippen LogP contribution in [0.3, 0.4) is 0 Å². The molecule has 2 aromatic rings. The molecule has 0 bridgehead atoms. The summed E-state index contributed by atoms with van der Waals surface area (Å²) < 4.78 is 23.0. The number of aryl methyl sites for hydroxylation is 2. The van der Waals surface area contributed by atoms with E-state index in [1.165, 1.54) is 7.11 Å². The molecule has 0 amide bonds. The summed E-state index contributed by atoms with van der Waals surface area (Å²) in [6, 6.07) is 11.4. The van der Waals surface area contributed by atoms with Crippen LogP contribution in [0.5, 0.6) is 23.0 Å². The van der Waals surface area contributed by atoms with Gasteiger partial charge in [0.1, 0.15) is 56.5 Å². The van der Waals surface area contributed by atoms with E-state index in [0.717, 1.165) is 39.8 Å². The van der Waals surface area contributed by atoms with Gasteiger partial charge < -0.3 is 23.8 Å². The van der Waals surface area contributed by atoms with Crippen molar-refractivity contribution < 1.29 is 23.8 Å². The van der Waals surface area contributed by atoms with E-state index in [-0.39, 0.29) is 0 Å². The first-order chi connectivity index (χ1) is 14.5. The number of nitrogens with zero attached hydrogens (tertiary/aromatic N) is 1. The first-order valence-electron chi connectivity index (χ1n) is 9.93. The summed E-state index contributed by atoms with van der Waals surface area (Å²) in [7, 11) is 1.51. The van der Waals surface area contributed by atoms with Gasteiger partial charge in [0, 0.05) is 0 Å². The van der Waals surface area contributed by atoms with Gasteiger partial charge in [0.15, 0.2) is 0 Å². The lowest BCUT2D eigenvalue weighted by Crippen LogP contribution is -2.10. The van der Waals surface area contributed by atoms with Crippen molar-refractivity contribution in [2.45, 2.75) is 27.7 Å². The fourth-order valence-corrected chi connectivity index (χ4v) is 2.77. The maximum Gasteiger partial charge on any atom is 0.129 e. The van der Waals surface area contributed by atoms with Crippen LogP contribution in [-0.4, -0.2) is 39.2 Å². The second-order valence-electron chi connectivity index (χ2n) is 6.73. The lowest BCUT2D eigenvalue weighted by Gasteiger charge is -2.15. The molecule has 0 spiro atoms. The van der Waals surface area contributed by atoms with E-state index in [4.69, 9.17) is 23.8 Å². The molecule has 30 heavy (non-hydrogen) atoms. The predicted molar refractivity (Wildman–Crippen MR) is 119 cm³/mol. The number of oxime groups is 1. The maximum absolute atomic E-state index is 5.94. The van der Waals surface area contributed by atoms with Crippen molar-refractivity contribution in [3.05, 3.63) is 59.7 Å². The summed E-state index contributed by atoms with van der Waals surface area (Å²) in [6.07, 6.45) is 3.94. The monoisotopic (exact) mass is 413 g/mol. The summed E-state index contributed by atoms with van der Waals surface area (Å²) in [4.78, 5) is 4.71. The van der Waals surface area contributed by atoms with Crippen LogP contribution in [0.15, 0.2) is 53.7 Å². The molecule has 0 aliphatic rings. The lowest BCUT2D eigenvalue weighted by atomic mass is 10.1. The molecule has 6 heteroatoms. The molecule has 0 unspecified atom stereocenters. The Bertz CT molecular complexity index is 820. The van der Waals surface area contributed by atoms with Gasteiger partial charge >= 0.3 is 0 Å². The Balaban J connectivity index is 1.78. The maximum atomic E-state index is 5.94. The van der Waals surface area contributed by atoms with Gasteiger partial charge in [0.2, 0.25) is 0 Å². The molecular formula is C24H31NO5. The average molecular weight is 414 g/mol. The molecule has 0 aromatic heterocycles. The number of allylic oxidation sites excluding steroid dienone is 1. The summed E-state index contributed by atoms with van der Waals surface area (Å²) in [5.74, 6) is 3.22. The van der Waals surface area contributed by atoms with Crippen LogP contribution in [0.4, 0.5) is 0 Å². The van der Waals surface area contributed by atoms with E-state index in [1.807, 2.05) is 76.2 Å². The topological polar surface area (TPSA) is 58.5 Å². The second kappa shape index (κ2) is 12.4. The van der Waals surface area contributed by atoms with Crippen LogP contribution < -0.4 is 18.9 Å². The molecule has 0 atom stereocenters. The van der Waals surface area contributed by atoms with Crippen LogP contribution in [0, 0.1) is 13.8 Å². The van der Waals surface area contributed by atoms with Crippen LogP contribution in [0.2, 0.25) is 0 Å². The van der Waals surface area contributed by atoms with Crippen molar-refractivity contribution >= 4 is 5.71 Å². The zero-order valence-corrected chi connectivity index (χ0v) is 18.4. The van der Waals surface area contributed by atoms with E-state index >= 15 is 0 Å². The second-order valence-corrected chi connectivity index (χ2v) is 6.73. The fourth-order valence-electron chi connectivity index (χ4n) is 2.77. The highest BCUT2D eigenvalue weighted by molar-refractivity contribution is 5.82. The minimum atomic E-state index is 0.375. The van der Waals surface area contributed by atoms with E-state index in [0.29, 0.717) is 26.4 Å². The summed E-state index contributed by atoms with van der Waals surface area (Å²) >= 11 is 0. The first-order valence-corrected chi connectivity index (χ1v) is 9.93. The van der Waals surface area contributed by atoms with Crippen LogP contribution in [0.25, 0.3) is 0 Å². The number of hydrogen-bond donors (Lipinski definition) is 0. The fraction of sp³-hybridized carbons (Fsp3) is 0.375. The molecule has 0 saturated carbocycles. The highest BCUT2D eigenvalue weighted by atomic mass is 16.6. The van der Waals surface area contributed by atoms with Crippen LogP contribution >= 0.6 is 0 Å². The van der Waals surface area contributed by atoms with Crippen LogP contribution in [0.1, 0.15) is 25.0 Å². The molecule has 2 aromatic carbocycles. The van der Waals surface area contributed by atoms with Crippen molar-refractivity contribution in [1.29, 1.82) is 0 Å². The van der Waals surface area contributed by atoms with E-state index in [9.17, 15) is 0 Å². The molecule has 0 aliphatic heterocycles. The molecule has 0 N–H and O–H groups in total. The standard InChI is InChI=1S/C24H31NO5/c1-6-7-12-27-23-15-18(2)24(19(3)16-23)29-14-13-28-21-8-10-22(11-9-21)30-17-20(4)25-26-5/h6-11,15-16H,12-14,17H2,1-5H3/b7-6+,25-20+. The molecule has 0 fully saturated rings. The van der Waals surface area contributed by atoms with Crippen molar-refractivity contribution in [2.75, 3.05) is 33.5 Å². The number of hydrogen-bond acceptors (Lipinski definition) is 6. The normalized spacial score (nSPS) is 11.4. The molecule has 0 heterocycles. The van der Waals surface area contributed by atoms with E-state index < -0.39 is 0 Å². The third-order valence-electron chi connectivity index (χ3n) is 4.13. The summed E-state index contributed by atoms with van der Waals surface area (Å²) in [6.45, 7) is 9.68. The molecule has 2 rings (SSSR count). The lowest BCUT2D eigenvalue weighted by molar-refractivity contribution is 0.209. The predicted octanol–water partition coefficient (Wildman–Crippen LogP) is 5.12. The Kier molecular flexibility index (Phi) is 9.58. The quantitative estimate of drug-likeness (QED) is 0.209. The molecule has 0 aliphatic carbocycles. The SMILES string of the molecule is C/C=C/COc1cc(C)c(OCCOc2ccc(OC/C(C)=N/OC)cc2)c(C)c1. The minimum absolute atomic E-state index is 0.375. The highest BCUT2D eigenvalue weighted by Gasteiger charge is 2.07. The van der Waals surface area contributed by atoms with Gasteiger partial charge in [-0.2, -0.15) is 0 Å². The molecular weight excluding hydrogens is 382 g/mol. The van der Waals surface area contributed by atoms with Crippen molar-refractivity contribution in [3.63, 3.8) is 0 Å². The Hall–Kier alpha value is -3.15. The van der Waals surface area contributed by atoms with Gasteiger partial charge in [0.05, 0.1) is 5.71 Å². The minimum Gasteiger partial charge on any atom is -0.490 e. The Morgan fingerprint density at radius 3 is 2.07 bits per heavy atom. The third-order valence-corrected chi connectivity index (χ3v) is 4.13. The molecule has 0 saturated heterocycles. The average Bonchev–Trinajstić information content (AvgIpc) is 2.72. The molecule has 6 nitrogen and oxygen atoms in total. The summed E-state index contributed by atoms with van der Waals surface area (Å²) in [5, 5.41) is 3.81. The number of ether oxygens (including phenoxy) is 4. The van der Waals surface area contributed by atoms with Crippen molar-refractivity contribution in [3.8, 4) is 23.0 Å². The smallest absolute Gasteiger partial charge is 0.129 e. The highest BCUT2D eigenvalue weighted by Crippen LogP contribution is 2.28. The Morgan fingerprint density at radius 2 is 1.47 bits per heavy atom. The zero-order valence-electron chi connectivity index (χ0n) is 18.4. The largest absolute Gasteiger partial charge is 0.490 e. The van der Waals surface area contributed by atoms with E-state index in [1.54, 1.807) is 0 Å². The van der Waals surface area contributed by atoms with Gasteiger partial charge in [-0.15, -0.1) is 0 Å². The van der Waals surface area contributed by atoms with Gasteiger partial charge in [-0.05, 0) is 75.2 Å². The summed E-state index contributed by atoms with van der Waals surface area (Å²) in [5.41, 5.74) is 2.84. The Labute approximate surface area is 179 Å². The van der Waals surface area contributed by atoms with E-state index in [2.05, 4.69) is 5.16 Å². The van der Waals surface area contributed by atoms with Gasteiger partial charge in [0.25, 0.3) is 0 Å². The van der Waals surface area contributed by atoms with Crippen molar-refractivity contribution in [2.24, 2.45) is 5.16 Å². The molecule has 0 radical (unpaired) electrons. The van der Waals surface area contributed by atoms with Crippen LogP contribution in [-0.2, 0) is 4.84 Å². The first kappa shape index (κ1) is 23.1. The van der Waals surface area contributed by atoms with Gasteiger partial charge in [-0.1, -0.05) is 17.3 Å². The van der Waals surface area contributed by atoms with Gasteiger partial charge in [-0.3, -0.25) is 0 Å². The molecule has 162 valence electrons.